The Balaban J connectivity index is 1.85. The monoisotopic (exact) mass is 300 g/mol. The largest absolute Gasteiger partial charge is 0.487 e. The number of ether oxygens (including phenoxy) is 1. The van der Waals surface area contributed by atoms with Crippen LogP contribution in [0.1, 0.15) is 11.3 Å². The summed E-state index contributed by atoms with van der Waals surface area (Å²) in [6.45, 7) is 0.229. The van der Waals surface area contributed by atoms with Crippen LogP contribution in [0.2, 0.25) is 5.02 Å². The molecule has 1 aromatic carbocycles. The molecule has 0 saturated heterocycles. The summed E-state index contributed by atoms with van der Waals surface area (Å²) in [5.74, 6) is 0.621. The van der Waals surface area contributed by atoms with E-state index < -0.39 is 0 Å². The minimum Gasteiger partial charge on any atom is -0.487 e. The Kier molecular flexibility index (Phi) is 3.99. The van der Waals surface area contributed by atoms with Crippen molar-refractivity contribution in [1.29, 1.82) is 0 Å². The van der Waals surface area contributed by atoms with Crippen molar-refractivity contribution in [1.82, 2.24) is 9.97 Å². The Hall–Kier alpha value is -2.17. The molecular weight excluding hydrogens is 288 g/mol. The number of hydrogen-bond acceptors (Lipinski definition) is 4. The summed E-state index contributed by atoms with van der Waals surface area (Å²) in [6, 6.07) is 11.1. The van der Waals surface area contributed by atoms with Crippen LogP contribution in [0, 0.1) is 0 Å². The molecule has 0 aliphatic carbocycles. The van der Waals surface area contributed by atoms with E-state index in [1.165, 1.54) is 0 Å². The Morgan fingerprint density at radius 2 is 2.00 bits per heavy atom. The molecule has 0 spiro atoms. The zero-order chi connectivity index (χ0) is 14.7. The minimum absolute atomic E-state index is 0.0840. The van der Waals surface area contributed by atoms with Crippen LogP contribution in [0.3, 0.4) is 0 Å². The van der Waals surface area contributed by atoms with Gasteiger partial charge in [0.15, 0.2) is 0 Å². The number of fused-ring (bicyclic) bond motifs is 1. The van der Waals surface area contributed by atoms with Crippen molar-refractivity contribution in [2.45, 2.75) is 13.2 Å². The molecule has 2 heterocycles. The average molecular weight is 301 g/mol. The first-order chi connectivity index (χ1) is 10.3. The van der Waals surface area contributed by atoms with Gasteiger partial charge in [0.1, 0.15) is 12.4 Å². The van der Waals surface area contributed by atoms with Gasteiger partial charge >= 0.3 is 0 Å². The SMILES string of the molecule is OCc1ccc(OCc2c(Cl)ccc3cccnc23)cn1. The summed E-state index contributed by atoms with van der Waals surface area (Å²) in [6.07, 6.45) is 3.32. The van der Waals surface area contributed by atoms with Crippen molar-refractivity contribution >= 4 is 22.5 Å². The Morgan fingerprint density at radius 1 is 1.10 bits per heavy atom. The molecule has 3 rings (SSSR count). The fraction of sp³-hybridized carbons (Fsp3) is 0.125. The molecule has 0 atom stereocenters. The van der Waals surface area contributed by atoms with Gasteiger partial charge in [0, 0.05) is 22.2 Å². The van der Waals surface area contributed by atoms with Gasteiger partial charge in [0.2, 0.25) is 0 Å². The summed E-state index contributed by atoms with van der Waals surface area (Å²) in [5.41, 5.74) is 2.29. The fourth-order valence-electron chi connectivity index (χ4n) is 2.06. The van der Waals surface area contributed by atoms with E-state index in [1.54, 1.807) is 24.5 Å². The van der Waals surface area contributed by atoms with Crippen LogP contribution in [-0.4, -0.2) is 15.1 Å². The van der Waals surface area contributed by atoms with Crippen LogP contribution in [0.25, 0.3) is 10.9 Å². The number of halogens is 1. The van der Waals surface area contributed by atoms with Gasteiger partial charge in [0.05, 0.1) is 24.0 Å². The molecule has 0 radical (unpaired) electrons. The second-order valence-electron chi connectivity index (χ2n) is 4.53. The molecule has 5 heteroatoms. The summed E-state index contributed by atoms with van der Waals surface area (Å²) in [7, 11) is 0. The normalized spacial score (nSPS) is 10.8. The minimum atomic E-state index is -0.0840. The van der Waals surface area contributed by atoms with Gasteiger partial charge in [-0.1, -0.05) is 23.7 Å². The molecule has 0 fully saturated rings. The van der Waals surface area contributed by atoms with Crippen molar-refractivity contribution in [3.63, 3.8) is 0 Å². The standard InChI is InChI=1S/C16H13ClN2O2/c17-15-6-3-11-2-1-7-18-16(11)14(15)10-21-13-5-4-12(9-20)19-8-13/h1-8,20H,9-10H2. The molecule has 106 valence electrons. The second kappa shape index (κ2) is 6.08. The lowest BCUT2D eigenvalue weighted by molar-refractivity contribution is 0.275. The predicted molar refractivity (Wildman–Crippen MR) is 81.2 cm³/mol. The van der Waals surface area contributed by atoms with Crippen LogP contribution >= 0.6 is 11.6 Å². The molecule has 0 aliphatic rings. The van der Waals surface area contributed by atoms with Crippen molar-refractivity contribution in [3.05, 3.63) is 65.1 Å². The lowest BCUT2D eigenvalue weighted by Gasteiger charge is -2.10. The van der Waals surface area contributed by atoms with E-state index in [0.717, 1.165) is 16.5 Å². The number of aliphatic hydroxyl groups excluding tert-OH is 1. The lowest BCUT2D eigenvalue weighted by Crippen LogP contribution is -1.99. The predicted octanol–water partition coefficient (Wildman–Crippen LogP) is 3.35. The van der Waals surface area contributed by atoms with Crippen molar-refractivity contribution in [3.8, 4) is 5.75 Å². The summed E-state index contributed by atoms with van der Waals surface area (Å²) in [4.78, 5) is 8.44. The van der Waals surface area contributed by atoms with Gasteiger partial charge < -0.3 is 9.84 Å². The maximum Gasteiger partial charge on any atom is 0.138 e. The molecule has 1 N–H and O–H groups in total. The number of rotatable bonds is 4. The smallest absolute Gasteiger partial charge is 0.138 e. The highest BCUT2D eigenvalue weighted by molar-refractivity contribution is 6.32. The molecule has 4 nitrogen and oxygen atoms in total. The first-order valence-corrected chi connectivity index (χ1v) is 6.86. The first kappa shape index (κ1) is 13.8. The van der Waals surface area contributed by atoms with Crippen molar-refractivity contribution in [2.24, 2.45) is 0 Å². The number of hydrogen-bond donors (Lipinski definition) is 1. The van der Waals surface area contributed by atoms with E-state index in [9.17, 15) is 0 Å². The Labute approximate surface area is 127 Å². The number of nitrogens with zero attached hydrogens (tertiary/aromatic N) is 2. The molecule has 2 aromatic heterocycles. The van der Waals surface area contributed by atoms with Gasteiger partial charge in [-0.15, -0.1) is 0 Å². The van der Waals surface area contributed by atoms with Gasteiger partial charge in [-0.3, -0.25) is 9.97 Å². The Bertz CT molecular complexity index is 760. The molecule has 0 amide bonds. The lowest BCUT2D eigenvalue weighted by atomic mass is 10.1. The van der Waals surface area contributed by atoms with E-state index in [-0.39, 0.29) is 6.61 Å². The maximum absolute atomic E-state index is 8.96. The third-order valence-electron chi connectivity index (χ3n) is 3.17. The van der Waals surface area contributed by atoms with Crippen LogP contribution in [0.5, 0.6) is 5.75 Å². The average Bonchev–Trinajstić information content (AvgIpc) is 2.54. The third kappa shape index (κ3) is 2.96. The molecule has 0 unspecified atom stereocenters. The highest BCUT2D eigenvalue weighted by Gasteiger charge is 2.08. The highest BCUT2D eigenvalue weighted by Crippen LogP contribution is 2.25. The molecule has 0 bridgehead atoms. The van der Waals surface area contributed by atoms with E-state index in [0.29, 0.717) is 23.1 Å². The summed E-state index contributed by atoms with van der Waals surface area (Å²) >= 11 is 6.25. The molecular formula is C16H13ClN2O2. The van der Waals surface area contributed by atoms with Gasteiger partial charge in [-0.05, 0) is 24.3 Å². The van der Waals surface area contributed by atoms with Gasteiger partial charge in [-0.25, -0.2) is 0 Å². The number of aromatic nitrogens is 2. The zero-order valence-electron chi connectivity index (χ0n) is 11.2. The van der Waals surface area contributed by atoms with Crippen LogP contribution in [0.4, 0.5) is 0 Å². The number of pyridine rings is 2. The van der Waals surface area contributed by atoms with E-state index in [1.807, 2.05) is 24.3 Å². The first-order valence-electron chi connectivity index (χ1n) is 6.48. The van der Waals surface area contributed by atoms with Crippen LogP contribution in [0.15, 0.2) is 48.8 Å². The van der Waals surface area contributed by atoms with Crippen LogP contribution < -0.4 is 4.74 Å². The molecule has 21 heavy (non-hydrogen) atoms. The molecule has 3 aromatic rings. The summed E-state index contributed by atoms with van der Waals surface area (Å²) < 4.78 is 5.71. The van der Waals surface area contributed by atoms with E-state index >= 15 is 0 Å². The van der Waals surface area contributed by atoms with E-state index in [4.69, 9.17) is 21.4 Å². The highest BCUT2D eigenvalue weighted by atomic mass is 35.5. The summed E-state index contributed by atoms with van der Waals surface area (Å²) in [5, 5.41) is 10.6. The fourth-order valence-corrected chi connectivity index (χ4v) is 2.27. The van der Waals surface area contributed by atoms with Gasteiger partial charge in [0.25, 0.3) is 0 Å². The van der Waals surface area contributed by atoms with Crippen LogP contribution in [-0.2, 0) is 13.2 Å². The molecule has 0 aliphatic heterocycles. The second-order valence-corrected chi connectivity index (χ2v) is 4.94. The quantitative estimate of drug-likeness (QED) is 0.803. The third-order valence-corrected chi connectivity index (χ3v) is 3.52. The number of aliphatic hydroxyl groups is 1. The van der Waals surface area contributed by atoms with E-state index in [2.05, 4.69) is 9.97 Å². The molecule has 0 saturated carbocycles. The zero-order valence-corrected chi connectivity index (χ0v) is 11.9. The maximum atomic E-state index is 8.96. The number of benzene rings is 1. The van der Waals surface area contributed by atoms with Crippen molar-refractivity contribution < 1.29 is 9.84 Å². The Morgan fingerprint density at radius 3 is 2.76 bits per heavy atom. The van der Waals surface area contributed by atoms with Gasteiger partial charge in [-0.2, -0.15) is 0 Å². The topological polar surface area (TPSA) is 55.2 Å². The van der Waals surface area contributed by atoms with Crippen molar-refractivity contribution in [2.75, 3.05) is 0 Å².